The molecule has 0 heterocycles. The standard InChI is InChI=1S/C13H14BrNO2/c1-4-8-15(5-2)13(16)11-7-6-10(14)9-12(11)17-3/h1,6-7,9H,5,8H2,2-3H3. The third kappa shape index (κ3) is 3.24. The summed E-state index contributed by atoms with van der Waals surface area (Å²) in [6, 6.07) is 5.29. The highest BCUT2D eigenvalue weighted by Gasteiger charge is 2.17. The second kappa shape index (κ2) is 6.31. The molecule has 1 aromatic rings. The third-order valence-corrected chi connectivity index (χ3v) is 2.84. The first-order valence-electron chi connectivity index (χ1n) is 5.20. The summed E-state index contributed by atoms with van der Waals surface area (Å²) in [5.74, 6) is 2.90. The molecular weight excluding hydrogens is 282 g/mol. The molecule has 1 amide bonds. The topological polar surface area (TPSA) is 29.5 Å². The Labute approximate surface area is 110 Å². The highest BCUT2D eigenvalue weighted by Crippen LogP contribution is 2.24. The van der Waals surface area contributed by atoms with E-state index in [-0.39, 0.29) is 5.91 Å². The molecular formula is C13H14BrNO2. The van der Waals surface area contributed by atoms with Crippen LogP contribution in [0.1, 0.15) is 17.3 Å². The van der Waals surface area contributed by atoms with Gasteiger partial charge in [0.15, 0.2) is 0 Å². The molecule has 0 unspecified atom stereocenters. The Morgan fingerprint density at radius 2 is 2.29 bits per heavy atom. The van der Waals surface area contributed by atoms with Gasteiger partial charge in [-0.15, -0.1) is 6.42 Å². The van der Waals surface area contributed by atoms with Crippen molar-refractivity contribution >= 4 is 21.8 Å². The summed E-state index contributed by atoms with van der Waals surface area (Å²) >= 11 is 3.33. The summed E-state index contributed by atoms with van der Waals surface area (Å²) in [6.45, 7) is 2.76. The lowest BCUT2D eigenvalue weighted by molar-refractivity contribution is 0.0781. The molecule has 0 saturated carbocycles. The lowest BCUT2D eigenvalue weighted by atomic mass is 10.1. The monoisotopic (exact) mass is 295 g/mol. The molecule has 17 heavy (non-hydrogen) atoms. The van der Waals surface area contributed by atoms with Gasteiger partial charge in [0.1, 0.15) is 5.75 Å². The zero-order chi connectivity index (χ0) is 12.8. The molecule has 0 fully saturated rings. The first-order valence-corrected chi connectivity index (χ1v) is 5.99. The Morgan fingerprint density at radius 3 is 2.82 bits per heavy atom. The number of terminal acetylenes is 1. The fraction of sp³-hybridized carbons (Fsp3) is 0.308. The summed E-state index contributed by atoms with van der Waals surface area (Å²) in [5, 5.41) is 0. The van der Waals surface area contributed by atoms with E-state index in [0.717, 1.165) is 4.47 Å². The van der Waals surface area contributed by atoms with E-state index >= 15 is 0 Å². The number of carbonyl (C=O) groups excluding carboxylic acids is 1. The minimum atomic E-state index is -0.116. The zero-order valence-electron chi connectivity index (χ0n) is 9.87. The van der Waals surface area contributed by atoms with Crippen LogP contribution in [0.3, 0.4) is 0 Å². The predicted octanol–water partition coefficient (Wildman–Crippen LogP) is 2.55. The van der Waals surface area contributed by atoms with Crippen molar-refractivity contribution in [3.05, 3.63) is 28.2 Å². The maximum atomic E-state index is 12.2. The number of hydrogen-bond donors (Lipinski definition) is 0. The van der Waals surface area contributed by atoms with Gasteiger partial charge in [-0.3, -0.25) is 4.79 Å². The van der Waals surface area contributed by atoms with Crippen molar-refractivity contribution in [3.8, 4) is 18.1 Å². The molecule has 90 valence electrons. The molecule has 0 radical (unpaired) electrons. The van der Waals surface area contributed by atoms with Crippen molar-refractivity contribution in [2.75, 3.05) is 20.2 Å². The Hall–Kier alpha value is -1.47. The normalized spacial score (nSPS) is 9.53. The maximum absolute atomic E-state index is 12.2. The average Bonchev–Trinajstić information content (AvgIpc) is 2.34. The van der Waals surface area contributed by atoms with Crippen LogP contribution in [0.4, 0.5) is 0 Å². The van der Waals surface area contributed by atoms with Crippen molar-refractivity contribution in [2.45, 2.75) is 6.92 Å². The molecule has 0 atom stereocenters. The first-order chi connectivity index (χ1) is 8.13. The van der Waals surface area contributed by atoms with E-state index in [0.29, 0.717) is 24.4 Å². The van der Waals surface area contributed by atoms with Gasteiger partial charge in [-0.2, -0.15) is 0 Å². The number of nitrogens with zero attached hydrogens (tertiary/aromatic N) is 1. The second-order valence-electron chi connectivity index (χ2n) is 3.37. The lowest BCUT2D eigenvalue weighted by Gasteiger charge is -2.19. The molecule has 0 N–H and O–H groups in total. The number of methoxy groups -OCH3 is 1. The summed E-state index contributed by atoms with van der Waals surface area (Å²) < 4.78 is 6.06. The van der Waals surface area contributed by atoms with E-state index < -0.39 is 0 Å². The summed E-state index contributed by atoms with van der Waals surface area (Å²) in [5.41, 5.74) is 0.521. The third-order valence-electron chi connectivity index (χ3n) is 2.35. The first kappa shape index (κ1) is 13.6. The molecule has 1 aromatic carbocycles. The summed E-state index contributed by atoms with van der Waals surface area (Å²) in [4.78, 5) is 13.8. The van der Waals surface area contributed by atoms with Crippen molar-refractivity contribution < 1.29 is 9.53 Å². The number of rotatable bonds is 4. The average molecular weight is 296 g/mol. The van der Waals surface area contributed by atoms with Crippen molar-refractivity contribution in [1.29, 1.82) is 0 Å². The largest absolute Gasteiger partial charge is 0.496 e. The van der Waals surface area contributed by atoms with Gasteiger partial charge >= 0.3 is 0 Å². The quantitative estimate of drug-likeness (QED) is 0.799. The van der Waals surface area contributed by atoms with Crippen LogP contribution in [0.5, 0.6) is 5.75 Å². The molecule has 0 aliphatic rings. The Kier molecular flexibility index (Phi) is 5.05. The molecule has 3 nitrogen and oxygen atoms in total. The Morgan fingerprint density at radius 1 is 1.59 bits per heavy atom. The number of ether oxygens (including phenoxy) is 1. The van der Waals surface area contributed by atoms with E-state index in [1.807, 2.05) is 6.92 Å². The lowest BCUT2D eigenvalue weighted by Crippen LogP contribution is -2.31. The number of benzene rings is 1. The van der Waals surface area contributed by atoms with Crippen molar-refractivity contribution in [1.82, 2.24) is 4.90 Å². The van der Waals surface area contributed by atoms with Crippen LogP contribution in [-0.4, -0.2) is 31.0 Å². The fourth-order valence-electron chi connectivity index (χ4n) is 1.45. The van der Waals surface area contributed by atoms with Crippen molar-refractivity contribution in [2.24, 2.45) is 0 Å². The van der Waals surface area contributed by atoms with Crippen LogP contribution >= 0.6 is 15.9 Å². The molecule has 4 heteroatoms. The molecule has 0 saturated heterocycles. The SMILES string of the molecule is C#CCN(CC)C(=O)c1ccc(Br)cc1OC. The number of hydrogen-bond acceptors (Lipinski definition) is 2. The molecule has 1 rings (SSSR count). The molecule has 0 aliphatic carbocycles. The Balaban J connectivity index is 3.07. The highest BCUT2D eigenvalue weighted by molar-refractivity contribution is 9.10. The fourth-order valence-corrected chi connectivity index (χ4v) is 1.79. The van der Waals surface area contributed by atoms with Crippen LogP contribution < -0.4 is 4.74 Å². The van der Waals surface area contributed by atoms with Gasteiger partial charge in [-0.1, -0.05) is 21.9 Å². The van der Waals surface area contributed by atoms with Crippen LogP contribution in [0.15, 0.2) is 22.7 Å². The Bertz CT molecular complexity index is 451. The molecule has 0 bridgehead atoms. The molecule has 0 aromatic heterocycles. The van der Waals surface area contributed by atoms with E-state index in [1.165, 1.54) is 7.11 Å². The maximum Gasteiger partial charge on any atom is 0.258 e. The van der Waals surface area contributed by atoms with Crippen LogP contribution in [0.25, 0.3) is 0 Å². The van der Waals surface area contributed by atoms with Crippen LogP contribution in [0.2, 0.25) is 0 Å². The summed E-state index contributed by atoms with van der Waals surface area (Å²) in [7, 11) is 1.54. The predicted molar refractivity (Wildman–Crippen MR) is 71.1 cm³/mol. The number of amides is 1. The molecule has 0 spiro atoms. The van der Waals surface area contributed by atoms with Gasteiger partial charge in [-0.25, -0.2) is 0 Å². The number of carbonyl (C=O) groups is 1. The molecule has 0 aliphatic heterocycles. The number of halogens is 1. The van der Waals surface area contributed by atoms with E-state index in [9.17, 15) is 4.79 Å². The van der Waals surface area contributed by atoms with Gasteiger partial charge < -0.3 is 9.64 Å². The van der Waals surface area contributed by atoms with E-state index in [4.69, 9.17) is 11.2 Å². The summed E-state index contributed by atoms with van der Waals surface area (Å²) in [6.07, 6.45) is 5.23. The van der Waals surface area contributed by atoms with E-state index in [1.54, 1.807) is 23.1 Å². The second-order valence-corrected chi connectivity index (χ2v) is 4.28. The van der Waals surface area contributed by atoms with Gasteiger partial charge in [0, 0.05) is 11.0 Å². The van der Waals surface area contributed by atoms with Gasteiger partial charge in [0.25, 0.3) is 5.91 Å². The van der Waals surface area contributed by atoms with Crippen LogP contribution in [-0.2, 0) is 0 Å². The van der Waals surface area contributed by atoms with Crippen molar-refractivity contribution in [3.63, 3.8) is 0 Å². The minimum absolute atomic E-state index is 0.116. The minimum Gasteiger partial charge on any atom is -0.496 e. The van der Waals surface area contributed by atoms with Crippen LogP contribution in [0, 0.1) is 12.3 Å². The smallest absolute Gasteiger partial charge is 0.258 e. The zero-order valence-corrected chi connectivity index (χ0v) is 11.5. The highest BCUT2D eigenvalue weighted by atomic mass is 79.9. The van der Waals surface area contributed by atoms with Gasteiger partial charge in [0.05, 0.1) is 19.2 Å². The van der Waals surface area contributed by atoms with Gasteiger partial charge in [-0.05, 0) is 25.1 Å². The van der Waals surface area contributed by atoms with Gasteiger partial charge in [0.2, 0.25) is 0 Å². The van der Waals surface area contributed by atoms with E-state index in [2.05, 4.69) is 21.9 Å².